The molecule has 1 rings (SSSR count). The van der Waals surface area contributed by atoms with Gasteiger partial charge in [0, 0.05) is 13.7 Å². The van der Waals surface area contributed by atoms with Crippen LogP contribution < -0.4 is 5.32 Å². The van der Waals surface area contributed by atoms with E-state index in [-0.39, 0.29) is 6.04 Å². The Morgan fingerprint density at radius 3 is 2.94 bits per heavy atom. The van der Waals surface area contributed by atoms with Crippen LogP contribution in [0.3, 0.4) is 0 Å². The van der Waals surface area contributed by atoms with Gasteiger partial charge in [0.25, 0.3) is 0 Å². The second-order valence-electron chi connectivity index (χ2n) is 3.39. The quantitative estimate of drug-likeness (QED) is 0.741. The van der Waals surface area contributed by atoms with Gasteiger partial charge in [-0.15, -0.1) is 6.58 Å². The molecule has 0 fully saturated rings. The first-order valence-corrected chi connectivity index (χ1v) is 5.14. The zero-order valence-electron chi connectivity index (χ0n) is 9.44. The fourth-order valence-electron chi connectivity index (χ4n) is 1.53. The highest BCUT2D eigenvalue weighted by molar-refractivity contribution is 5.33. The monoisotopic (exact) mass is 216 g/mol. The maximum Gasteiger partial charge on any atom is 0.121 e. The highest BCUT2D eigenvalue weighted by Gasteiger charge is 2.12. The van der Waals surface area contributed by atoms with Crippen molar-refractivity contribution >= 4 is 0 Å². The van der Waals surface area contributed by atoms with Crippen LogP contribution in [-0.2, 0) is 11.3 Å². The Hall–Kier alpha value is -1.63. The van der Waals surface area contributed by atoms with Crippen molar-refractivity contribution in [1.29, 1.82) is 5.26 Å². The van der Waals surface area contributed by atoms with Crippen LogP contribution in [0.1, 0.15) is 17.2 Å². The minimum Gasteiger partial charge on any atom is -0.380 e. The summed E-state index contributed by atoms with van der Waals surface area (Å²) >= 11 is 0. The van der Waals surface area contributed by atoms with Crippen molar-refractivity contribution in [2.24, 2.45) is 0 Å². The van der Waals surface area contributed by atoms with Crippen LogP contribution in [0.15, 0.2) is 36.9 Å². The Labute approximate surface area is 96.4 Å². The van der Waals surface area contributed by atoms with Crippen LogP contribution >= 0.6 is 0 Å². The van der Waals surface area contributed by atoms with Crippen LogP contribution in [0, 0.1) is 11.3 Å². The molecule has 0 aliphatic heterocycles. The molecule has 0 aliphatic carbocycles. The van der Waals surface area contributed by atoms with Gasteiger partial charge >= 0.3 is 0 Å². The number of nitriles is 1. The van der Waals surface area contributed by atoms with Crippen LogP contribution in [0.5, 0.6) is 0 Å². The standard InChI is InChI=1S/C13H16N2O/c1-3-8-15-13(9-14)12-7-5-4-6-11(12)10-16-2/h3-7,13,15H,1,8,10H2,2H3. The molecule has 1 N–H and O–H groups in total. The Bertz CT molecular complexity index is 382. The third kappa shape index (κ3) is 3.20. The SMILES string of the molecule is C=CCNC(C#N)c1ccccc1COC. The number of methoxy groups -OCH3 is 1. The maximum absolute atomic E-state index is 9.11. The average Bonchev–Trinajstić information content (AvgIpc) is 2.32. The fourth-order valence-corrected chi connectivity index (χ4v) is 1.53. The number of rotatable bonds is 6. The average molecular weight is 216 g/mol. The summed E-state index contributed by atoms with van der Waals surface area (Å²) < 4.78 is 5.11. The normalized spacial score (nSPS) is 11.8. The Kier molecular flexibility index (Phi) is 5.27. The summed E-state index contributed by atoms with van der Waals surface area (Å²) in [6, 6.07) is 9.71. The summed E-state index contributed by atoms with van der Waals surface area (Å²) in [5.74, 6) is 0. The zero-order valence-corrected chi connectivity index (χ0v) is 9.44. The van der Waals surface area contributed by atoms with Gasteiger partial charge in [-0.25, -0.2) is 0 Å². The van der Waals surface area contributed by atoms with E-state index in [2.05, 4.69) is 18.0 Å². The first-order valence-electron chi connectivity index (χ1n) is 5.14. The molecule has 0 amide bonds. The second kappa shape index (κ2) is 6.78. The van der Waals surface area contributed by atoms with Crippen LogP contribution in [0.25, 0.3) is 0 Å². The number of hydrogen-bond acceptors (Lipinski definition) is 3. The molecule has 0 spiro atoms. The van der Waals surface area contributed by atoms with Gasteiger partial charge in [-0.1, -0.05) is 30.3 Å². The molecule has 0 bridgehead atoms. The summed E-state index contributed by atoms with van der Waals surface area (Å²) in [6.07, 6.45) is 1.74. The highest BCUT2D eigenvalue weighted by Crippen LogP contribution is 2.18. The maximum atomic E-state index is 9.11. The Balaban J connectivity index is 2.90. The van der Waals surface area contributed by atoms with Gasteiger partial charge in [0.1, 0.15) is 6.04 Å². The van der Waals surface area contributed by atoms with Crippen molar-refractivity contribution in [3.05, 3.63) is 48.0 Å². The van der Waals surface area contributed by atoms with E-state index in [4.69, 9.17) is 10.00 Å². The van der Waals surface area contributed by atoms with E-state index in [0.29, 0.717) is 13.2 Å². The van der Waals surface area contributed by atoms with Crippen molar-refractivity contribution in [2.45, 2.75) is 12.6 Å². The third-order valence-corrected chi connectivity index (χ3v) is 2.26. The largest absolute Gasteiger partial charge is 0.380 e. The lowest BCUT2D eigenvalue weighted by Crippen LogP contribution is -2.21. The summed E-state index contributed by atoms with van der Waals surface area (Å²) in [5.41, 5.74) is 2.00. The Morgan fingerprint density at radius 2 is 2.31 bits per heavy atom. The predicted molar refractivity (Wildman–Crippen MR) is 63.7 cm³/mol. The molecule has 0 aromatic heterocycles. The van der Waals surface area contributed by atoms with E-state index in [1.165, 1.54) is 0 Å². The molecule has 0 saturated heterocycles. The summed E-state index contributed by atoms with van der Waals surface area (Å²) in [5, 5.41) is 12.2. The highest BCUT2D eigenvalue weighted by atomic mass is 16.5. The van der Waals surface area contributed by atoms with E-state index in [1.54, 1.807) is 13.2 Å². The van der Waals surface area contributed by atoms with Gasteiger partial charge in [-0.05, 0) is 11.1 Å². The van der Waals surface area contributed by atoms with E-state index in [9.17, 15) is 0 Å². The molecule has 1 aromatic rings. The Morgan fingerprint density at radius 1 is 1.56 bits per heavy atom. The van der Waals surface area contributed by atoms with Gasteiger partial charge < -0.3 is 4.74 Å². The van der Waals surface area contributed by atoms with E-state index in [1.807, 2.05) is 24.3 Å². The lowest BCUT2D eigenvalue weighted by atomic mass is 10.0. The first kappa shape index (κ1) is 12.4. The van der Waals surface area contributed by atoms with Crippen molar-refractivity contribution in [3.63, 3.8) is 0 Å². The number of benzene rings is 1. The van der Waals surface area contributed by atoms with Gasteiger partial charge in [0.15, 0.2) is 0 Å². The molecule has 0 radical (unpaired) electrons. The van der Waals surface area contributed by atoms with E-state index >= 15 is 0 Å². The van der Waals surface area contributed by atoms with E-state index < -0.39 is 0 Å². The molecule has 3 heteroatoms. The number of nitrogens with zero attached hydrogens (tertiary/aromatic N) is 1. The fraction of sp³-hybridized carbons (Fsp3) is 0.308. The molecule has 0 heterocycles. The molecule has 1 aromatic carbocycles. The summed E-state index contributed by atoms with van der Waals surface area (Å²) in [4.78, 5) is 0. The van der Waals surface area contributed by atoms with Gasteiger partial charge in [0.05, 0.1) is 12.7 Å². The molecule has 0 saturated carbocycles. The lowest BCUT2D eigenvalue weighted by molar-refractivity contribution is 0.184. The zero-order chi connectivity index (χ0) is 11.8. The smallest absolute Gasteiger partial charge is 0.121 e. The number of ether oxygens (including phenoxy) is 1. The second-order valence-corrected chi connectivity index (χ2v) is 3.39. The van der Waals surface area contributed by atoms with Crippen molar-refractivity contribution < 1.29 is 4.74 Å². The summed E-state index contributed by atoms with van der Waals surface area (Å²) in [6.45, 7) is 4.75. The van der Waals surface area contributed by atoms with Gasteiger partial charge in [-0.3, -0.25) is 5.32 Å². The predicted octanol–water partition coefficient (Wildman–Crippen LogP) is 2.17. The minimum absolute atomic E-state index is 0.315. The van der Waals surface area contributed by atoms with Crippen LogP contribution in [-0.4, -0.2) is 13.7 Å². The van der Waals surface area contributed by atoms with Gasteiger partial charge in [0.2, 0.25) is 0 Å². The first-order chi connectivity index (χ1) is 7.83. The number of nitrogens with one attached hydrogen (secondary N) is 1. The molecular formula is C13H16N2O. The molecular weight excluding hydrogens is 200 g/mol. The van der Waals surface area contributed by atoms with Crippen molar-refractivity contribution in [2.75, 3.05) is 13.7 Å². The van der Waals surface area contributed by atoms with Crippen LogP contribution in [0.2, 0.25) is 0 Å². The third-order valence-electron chi connectivity index (χ3n) is 2.26. The van der Waals surface area contributed by atoms with Crippen LogP contribution in [0.4, 0.5) is 0 Å². The van der Waals surface area contributed by atoms with Gasteiger partial charge in [-0.2, -0.15) is 5.26 Å². The molecule has 84 valence electrons. The van der Waals surface area contributed by atoms with Crippen molar-refractivity contribution in [1.82, 2.24) is 5.32 Å². The van der Waals surface area contributed by atoms with Crippen molar-refractivity contribution in [3.8, 4) is 6.07 Å². The minimum atomic E-state index is -0.315. The molecule has 16 heavy (non-hydrogen) atoms. The lowest BCUT2D eigenvalue weighted by Gasteiger charge is -2.14. The molecule has 3 nitrogen and oxygen atoms in total. The molecule has 1 unspecified atom stereocenters. The topological polar surface area (TPSA) is 45.0 Å². The molecule has 0 aliphatic rings. The molecule has 1 atom stereocenters. The number of hydrogen-bond donors (Lipinski definition) is 1. The van der Waals surface area contributed by atoms with E-state index in [0.717, 1.165) is 11.1 Å². The summed E-state index contributed by atoms with van der Waals surface area (Å²) in [7, 11) is 1.65.